The van der Waals surface area contributed by atoms with Gasteiger partial charge in [-0.15, -0.1) is 0 Å². The number of aliphatic hydroxyl groups is 3. The summed E-state index contributed by atoms with van der Waals surface area (Å²) in [4.78, 5) is 24.7. The van der Waals surface area contributed by atoms with Crippen LogP contribution in [0, 0.1) is 11.3 Å². The molecule has 6 nitrogen and oxygen atoms in total. The van der Waals surface area contributed by atoms with Crippen LogP contribution in [-0.2, 0) is 9.59 Å². The topological polar surface area (TPSA) is 94.8 Å². The number of piperidine rings is 1. The van der Waals surface area contributed by atoms with Gasteiger partial charge in [0, 0.05) is 24.3 Å². The molecule has 5 aliphatic rings. The van der Waals surface area contributed by atoms with Crippen molar-refractivity contribution in [3.63, 3.8) is 0 Å². The van der Waals surface area contributed by atoms with Gasteiger partial charge in [0.25, 0.3) is 0 Å². The lowest BCUT2D eigenvalue weighted by Gasteiger charge is -2.65. The smallest absolute Gasteiger partial charge is 0.220 e. The summed E-state index contributed by atoms with van der Waals surface area (Å²) < 4.78 is 0.670. The van der Waals surface area contributed by atoms with E-state index in [1.54, 1.807) is 6.08 Å². The van der Waals surface area contributed by atoms with Crippen LogP contribution in [0.4, 0.5) is 0 Å². The van der Waals surface area contributed by atoms with Gasteiger partial charge >= 0.3 is 0 Å². The Balaban J connectivity index is 1.77. The first-order valence-electron chi connectivity index (χ1n) is 9.89. The lowest BCUT2D eigenvalue weighted by atomic mass is 9.47. The summed E-state index contributed by atoms with van der Waals surface area (Å²) in [7, 11) is 2.15. The number of hydrogen-bond acceptors (Lipinski definition) is 5. The van der Waals surface area contributed by atoms with E-state index in [-0.39, 0.29) is 30.2 Å². The van der Waals surface area contributed by atoms with Crippen LogP contribution >= 0.6 is 0 Å². The lowest BCUT2D eigenvalue weighted by molar-refractivity contribution is -0.944. The standard InChI is InChI=1S/C21H25NO5/c1-22(11-12-2-3-12)9-8-20-17-13(4-5-14(23)18(17)25)10-16(22)21(20,27)7-6-15(24)19(20)26/h4-5,10,12,16,19,26-27H,2-3,6-9,11H2,1H3/p+1/t16?,19?,20-,21+,22-/m0/s1. The van der Waals surface area contributed by atoms with Crippen molar-refractivity contribution in [2.45, 2.75) is 49.9 Å². The van der Waals surface area contributed by atoms with Gasteiger partial charge < -0.3 is 19.8 Å². The number of quaternary nitrogens is 1. The SMILES string of the molecule is C[N@@+]1(CC2CC2)CC[C@@]23C4=C(O)C(=O)C=CC4=CC1[C@]2(O)CCC(=O)C3O. The molecule has 0 spiro atoms. The monoisotopic (exact) mass is 372 g/mol. The van der Waals surface area contributed by atoms with Gasteiger partial charge in [-0.1, -0.05) is 6.08 Å². The molecular formula is C21H26NO5+. The molecule has 27 heavy (non-hydrogen) atoms. The van der Waals surface area contributed by atoms with Crippen molar-refractivity contribution in [2.24, 2.45) is 11.3 Å². The summed E-state index contributed by atoms with van der Waals surface area (Å²) in [6.45, 7) is 1.65. The highest BCUT2D eigenvalue weighted by molar-refractivity contribution is 6.06. The fraction of sp³-hybridized carbons (Fsp3) is 0.619. The molecule has 2 saturated carbocycles. The van der Waals surface area contributed by atoms with Gasteiger partial charge in [-0.25, -0.2) is 0 Å². The Morgan fingerprint density at radius 3 is 2.67 bits per heavy atom. The molecule has 4 aliphatic carbocycles. The molecule has 5 atom stereocenters. The Labute approximate surface area is 158 Å². The van der Waals surface area contributed by atoms with Crippen molar-refractivity contribution in [1.29, 1.82) is 0 Å². The quantitative estimate of drug-likeness (QED) is 0.628. The Kier molecular flexibility index (Phi) is 3.33. The first kappa shape index (κ1) is 17.3. The predicted octanol–water partition coefficient (Wildman–Crippen LogP) is 0.948. The highest BCUT2D eigenvalue weighted by atomic mass is 16.3. The number of aliphatic hydroxyl groups excluding tert-OH is 2. The number of Topliss-reactive ketones (excluding diaryl/α,β-unsaturated/α-hetero) is 1. The van der Waals surface area contributed by atoms with Gasteiger partial charge in [0.1, 0.15) is 17.7 Å². The van der Waals surface area contributed by atoms with Crippen LogP contribution in [0.25, 0.3) is 0 Å². The number of carbonyl (C=O) groups is 2. The average Bonchev–Trinajstić information content (AvgIpc) is 3.43. The molecule has 0 amide bonds. The highest BCUT2D eigenvalue weighted by Crippen LogP contribution is 2.63. The average molecular weight is 372 g/mol. The molecule has 0 aromatic rings. The zero-order valence-corrected chi connectivity index (χ0v) is 15.5. The van der Waals surface area contributed by atoms with Gasteiger partial charge in [0.2, 0.25) is 5.78 Å². The minimum Gasteiger partial charge on any atom is -0.504 e. The van der Waals surface area contributed by atoms with E-state index >= 15 is 0 Å². The van der Waals surface area contributed by atoms with Crippen LogP contribution in [0.3, 0.4) is 0 Å². The van der Waals surface area contributed by atoms with Crippen LogP contribution in [0.5, 0.6) is 0 Å². The minimum atomic E-state index is -1.41. The largest absolute Gasteiger partial charge is 0.504 e. The van der Waals surface area contributed by atoms with Crippen molar-refractivity contribution in [3.8, 4) is 0 Å². The molecule has 3 N–H and O–H groups in total. The van der Waals surface area contributed by atoms with E-state index in [1.165, 1.54) is 18.9 Å². The summed E-state index contributed by atoms with van der Waals surface area (Å²) in [6.07, 6.45) is 6.68. The van der Waals surface area contributed by atoms with Gasteiger partial charge in [0.15, 0.2) is 11.5 Å². The third-order valence-electron chi connectivity index (χ3n) is 7.80. The number of likely N-dealkylation sites (N-methyl/N-ethyl adjacent to an activating group) is 1. The number of rotatable bonds is 2. The number of carbonyl (C=O) groups excluding carboxylic acids is 2. The van der Waals surface area contributed by atoms with Gasteiger partial charge in [-0.05, 0) is 37.0 Å². The molecule has 6 heteroatoms. The Morgan fingerprint density at radius 2 is 1.96 bits per heavy atom. The van der Waals surface area contributed by atoms with Crippen molar-refractivity contribution in [2.75, 3.05) is 20.1 Å². The molecule has 0 radical (unpaired) electrons. The van der Waals surface area contributed by atoms with Gasteiger partial charge in [-0.2, -0.15) is 0 Å². The molecule has 2 unspecified atom stereocenters. The first-order valence-corrected chi connectivity index (χ1v) is 9.89. The molecule has 3 fully saturated rings. The number of fused-ring (bicyclic) bond motifs is 1. The van der Waals surface area contributed by atoms with Crippen LogP contribution < -0.4 is 0 Å². The van der Waals surface area contributed by atoms with E-state index in [4.69, 9.17) is 0 Å². The third-order valence-corrected chi connectivity index (χ3v) is 7.80. The van der Waals surface area contributed by atoms with Crippen molar-refractivity contribution < 1.29 is 29.4 Å². The van der Waals surface area contributed by atoms with E-state index in [0.29, 0.717) is 28.9 Å². The van der Waals surface area contributed by atoms with Crippen molar-refractivity contribution in [1.82, 2.24) is 0 Å². The van der Waals surface area contributed by atoms with Crippen molar-refractivity contribution >= 4 is 11.6 Å². The van der Waals surface area contributed by atoms with Crippen molar-refractivity contribution in [3.05, 3.63) is 35.1 Å². The van der Waals surface area contributed by atoms with Crippen LogP contribution in [0.1, 0.15) is 32.1 Å². The number of nitrogens with zero attached hydrogens (tertiary/aromatic N) is 1. The molecule has 0 aromatic carbocycles. The van der Waals surface area contributed by atoms with E-state index in [9.17, 15) is 24.9 Å². The third kappa shape index (κ3) is 2.01. The van der Waals surface area contributed by atoms with E-state index < -0.39 is 28.7 Å². The Bertz CT molecular complexity index is 853. The van der Waals surface area contributed by atoms with E-state index in [1.807, 2.05) is 6.08 Å². The zero-order valence-electron chi connectivity index (χ0n) is 15.5. The maximum Gasteiger partial charge on any atom is 0.220 e. The molecule has 1 heterocycles. The molecule has 144 valence electrons. The summed E-state index contributed by atoms with van der Waals surface area (Å²) in [5.74, 6) is -0.634. The first-order chi connectivity index (χ1) is 12.7. The summed E-state index contributed by atoms with van der Waals surface area (Å²) >= 11 is 0. The fourth-order valence-electron chi connectivity index (χ4n) is 6.29. The molecular weight excluding hydrogens is 346 g/mol. The molecule has 1 saturated heterocycles. The Morgan fingerprint density at radius 1 is 1.22 bits per heavy atom. The minimum absolute atomic E-state index is 0.111. The number of hydrogen-bond donors (Lipinski definition) is 3. The van der Waals surface area contributed by atoms with Crippen LogP contribution in [0.15, 0.2) is 35.1 Å². The normalized spacial score (nSPS) is 46.1. The molecule has 1 aliphatic heterocycles. The zero-order chi connectivity index (χ0) is 19.2. The summed E-state index contributed by atoms with van der Waals surface area (Å²) in [5.41, 5.74) is -1.74. The van der Waals surface area contributed by atoms with Gasteiger partial charge in [-0.3, -0.25) is 9.59 Å². The maximum atomic E-state index is 12.5. The maximum absolute atomic E-state index is 12.5. The van der Waals surface area contributed by atoms with Gasteiger partial charge in [0.05, 0.1) is 25.6 Å². The molecule has 2 bridgehead atoms. The van der Waals surface area contributed by atoms with Crippen LogP contribution in [0.2, 0.25) is 0 Å². The van der Waals surface area contributed by atoms with E-state index in [0.717, 1.165) is 6.54 Å². The summed E-state index contributed by atoms with van der Waals surface area (Å²) in [5, 5.41) is 33.7. The fourth-order valence-corrected chi connectivity index (χ4v) is 6.29. The van der Waals surface area contributed by atoms with Crippen LogP contribution in [-0.4, -0.2) is 69.3 Å². The summed E-state index contributed by atoms with van der Waals surface area (Å²) in [6, 6.07) is -0.279. The second-order valence-electron chi connectivity index (χ2n) is 9.33. The molecule has 0 aromatic heterocycles. The predicted molar refractivity (Wildman–Crippen MR) is 96.6 cm³/mol. The second kappa shape index (κ2) is 5.19. The lowest BCUT2D eigenvalue weighted by Crippen LogP contribution is -2.79. The van der Waals surface area contributed by atoms with E-state index in [2.05, 4.69) is 7.05 Å². The number of likely N-dealkylation sites (tertiary alicyclic amines) is 1. The molecule has 5 rings (SSSR count). The number of ketones is 2. The number of allylic oxidation sites excluding steroid dienone is 3. The second-order valence-corrected chi connectivity index (χ2v) is 9.33. The highest BCUT2D eigenvalue weighted by Gasteiger charge is 2.73. The Hall–Kier alpha value is -1.76.